The number of methoxy groups -OCH3 is 1. The van der Waals surface area contributed by atoms with Gasteiger partial charge in [0.2, 0.25) is 5.91 Å². The Bertz CT molecular complexity index is 803. The average Bonchev–Trinajstić information content (AvgIpc) is 2.70. The van der Waals surface area contributed by atoms with E-state index in [1.165, 1.54) is 12.1 Å². The van der Waals surface area contributed by atoms with Crippen molar-refractivity contribution in [3.63, 3.8) is 0 Å². The first-order chi connectivity index (χ1) is 13.1. The third-order valence-electron chi connectivity index (χ3n) is 4.41. The average molecular weight is 371 g/mol. The van der Waals surface area contributed by atoms with Crippen LogP contribution in [0, 0.1) is 10.1 Å². The molecule has 0 aromatic heterocycles. The van der Waals surface area contributed by atoms with Crippen molar-refractivity contribution in [3.8, 4) is 5.75 Å². The largest absolute Gasteiger partial charge is 0.497 e. The number of nitrogens with one attached hydrogen (secondary N) is 1. The number of hydrogen-bond donors (Lipinski definition) is 1. The van der Waals surface area contributed by atoms with Gasteiger partial charge < -0.3 is 14.8 Å². The Morgan fingerprint density at radius 3 is 2.56 bits per heavy atom. The van der Waals surface area contributed by atoms with E-state index in [1.807, 2.05) is 4.90 Å². The molecule has 1 unspecified atom stereocenters. The van der Waals surface area contributed by atoms with Gasteiger partial charge in [0.1, 0.15) is 11.8 Å². The number of rotatable bonds is 6. The van der Waals surface area contributed by atoms with Gasteiger partial charge in [0.15, 0.2) is 0 Å². The number of morpholine rings is 1. The van der Waals surface area contributed by atoms with E-state index in [9.17, 15) is 14.9 Å². The summed E-state index contributed by atoms with van der Waals surface area (Å²) in [6, 6.07) is 12.6. The van der Waals surface area contributed by atoms with Crippen LogP contribution in [0.5, 0.6) is 5.75 Å². The molecular formula is C19H21N3O5. The fourth-order valence-corrected chi connectivity index (χ4v) is 3.06. The summed E-state index contributed by atoms with van der Waals surface area (Å²) < 4.78 is 10.5. The molecule has 1 aliphatic rings. The zero-order valence-electron chi connectivity index (χ0n) is 15.0. The molecular weight excluding hydrogens is 350 g/mol. The number of non-ortho nitro benzene ring substituents is 1. The molecule has 142 valence electrons. The van der Waals surface area contributed by atoms with E-state index in [-0.39, 0.29) is 11.6 Å². The normalized spacial score (nSPS) is 15.7. The Kier molecular flexibility index (Phi) is 6.00. The molecule has 8 nitrogen and oxygen atoms in total. The second-order valence-electron chi connectivity index (χ2n) is 6.12. The second-order valence-corrected chi connectivity index (χ2v) is 6.12. The third-order valence-corrected chi connectivity index (χ3v) is 4.41. The molecule has 2 aromatic rings. The van der Waals surface area contributed by atoms with Crippen molar-refractivity contribution in [2.45, 2.75) is 6.04 Å². The number of nitro groups is 1. The predicted molar refractivity (Wildman–Crippen MR) is 99.9 cm³/mol. The van der Waals surface area contributed by atoms with Gasteiger partial charge in [-0.25, -0.2) is 0 Å². The molecule has 3 rings (SSSR count). The van der Waals surface area contributed by atoms with Gasteiger partial charge in [-0.3, -0.25) is 19.8 Å². The fraction of sp³-hybridized carbons (Fsp3) is 0.316. The summed E-state index contributed by atoms with van der Waals surface area (Å²) in [5.74, 6) is 0.443. The van der Waals surface area contributed by atoms with Gasteiger partial charge in [-0.1, -0.05) is 12.1 Å². The maximum Gasteiger partial charge on any atom is 0.269 e. The first-order valence-electron chi connectivity index (χ1n) is 8.59. The topological polar surface area (TPSA) is 93.9 Å². The van der Waals surface area contributed by atoms with Crippen LogP contribution in [0.15, 0.2) is 48.5 Å². The van der Waals surface area contributed by atoms with Gasteiger partial charge >= 0.3 is 0 Å². The summed E-state index contributed by atoms with van der Waals surface area (Å²) in [4.78, 5) is 25.7. The number of nitro benzene ring substituents is 1. The lowest BCUT2D eigenvalue weighted by Gasteiger charge is -2.33. The molecule has 0 spiro atoms. The van der Waals surface area contributed by atoms with Crippen LogP contribution in [-0.4, -0.2) is 49.1 Å². The summed E-state index contributed by atoms with van der Waals surface area (Å²) >= 11 is 0. The number of hydrogen-bond acceptors (Lipinski definition) is 6. The number of ether oxygens (including phenoxy) is 2. The van der Waals surface area contributed by atoms with Crippen LogP contribution in [0.1, 0.15) is 11.6 Å². The summed E-state index contributed by atoms with van der Waals surface area (Å²) in [6.07, 6.45) is 0. The van der Waals surface area contributed by atoms with E-state index in [0.29, 0.717) is 43.3 Å². The second kappa shape index (κ2) is 8.61. The van der Waals surface area contributed by atoms with Gasteiger partial charge in [0, 0.05) is 30.9 Å². The van der Waals surface area contributed by atoms with E-state index in [2.05, 4.69) is 5.32 Å². The molecule has 1 fully saturated rings. The van der Waals surface area contributed by atoms with Crippen LogP contribution in [-0.2, 0) is 9.53 Å². The van der Waals surface area contributed by atoms with E-state index >= 15 is 0 Å². The van der Waals surface area contributed by atoms with Gasteiger partial charge in [0.05, 0.1) is 25.2 Å². The molecule has 1 N–H and O–H groups in total. The van der Waals surface area contributed by atoms with Crippen molar-refractivity contribution < 1.29 is 19.2 Å². The SMILES string of the molecule is COc1ccc(NC(=O)C(c2cccc([N+](=O)[O-])c2)N2CCOCC2)cc1. The van der Waals surface area contributed by atoms with E-state index < -0.39 is 11.0 Å². The van der Waals surface area contributed by atoms with Crippen molar-refractivity contribution >= 4 is 17.3 Å². The summed E-state index contributed by atoms with van der Waals surface area (Å²) in [5, 5.41) is 14.0. The Labute approximate surface area is 156 Å². The predicted octanol–water partition coefficient (Wildman–Crippen LogP) is 2.62. The highest BCUT2D eigenvalue weighted by Crippen LogP contribution is 2.27. The number of carbonyl (C=O) groups excluding carboxylic acids is 1. The van der Waals surface area contributed by atoms with Gasteiger partial charge in [-0.2, -0.15) is 0 Å². The lowest BCUT2D eigenvalue weighted by molar-refractivity contribution is -0.384. The highest BCUT2D eigenvalue weighted by Gasteiger charge is 2.30. The van der Waals surface area contributed by atoms with Crippen molar-refractivity contribution in [2.24, 2.45) is 0 Å². The maximum absolute atomic E-state index is 13.1. The quantitative estimate of drug-likeness (QED) is 0.620. The van der Waals surface area contributed by atoms with Crippen LogP contribution < -0.4 is 10.1 Å². The van der Waals surface area contributed by atoms with Crippen LogP contribution in [0.2, 0.25) is 0 Å². The minimum Gasteiger partial charge on any atom is -0.497 e. The summed E-state index contributed by atoms with van der Waals surface area (Å²) in [7, 11) is 1.57. The number of anilines is 1. The molecule has 2 aromatic carbocycles. The van der Waals surface area contributed by atoms with E-state index in [0.717, 1.165) is 0 Å². The molecule has 1 amide bonds. The number of amides is 1. The zero-order valence-corrected chi connectivity index (χ0v) is 15.0. The molecule has 8 heteroatoms. The molecule has 0 aliphatic carbocycles. The highest BCUT2D eigenvalue weighted by atomic mass is 16.6. The Morgan fingerprint density at radius 1 is 1.22 bits per heavy atom. The molecule has 0 bridgehead atoms. The Morgan fingerprint density at radius 2 is 1.93 bits per heavy atom. The van der Waals surface area contributed by atoms with E-state index in [4.69, 9.17) is 9.47 Å². The fourth-order valence-electron chi connectivity index (χ4n) is 3.06. The van der Waals surface area contributed by atoms with Gasteiger partial charge in [-0.05, 0) is 29.8 Å². The minimum atomic E-state index is -0.643. The smallest absolute Gasteiger partial charge is 0.269 e. The first kappa shape index (κ1) is 18.8. The first-order valence-corrected chi connectivity index (χ1v) is 8.59. The van der Waals surface area contributed by atoms with E-state index in [1.54, 1.807) is 43.5 Å². The van der Waals surface area contributed by atoms with Crippen LogP contribution >= 0.6 is 0 Å². The van der Waals surface area contributed by atoms with Crippen LogP contribution in [0.3, 0.4) is 0 Å². The lowest BCUT2D eigenvalue weighted by Crippen LogP contribution is -2.43. The zero-order chi connectivity index (χ0) is 19.2. The highest BCUT2D eigenvalue weighted by molar-refractivity contribution is 5.95. The van der Waals surface area contributed by atoms with Crippen LogP contribution in [0.4, 0.5) is 11.4 Å². The molecule has 1 saturated heterocycles. The lowest BCUT2D eigenvalue weighted by atomic mass is 10.0. The van der Waals surface area contributed by atoms with Crippen molar-refractivity contribution in [1.82, 2.24) is 4.90 Å². The van der Waals surface area contributed by atoms with Crippen molar-refractivity contribution in [1.29, 1.82) is 0 Å². The number of carbonyl (C=O) groups is 1. The summed E-state index contributed by atoms with van der Waals surface area (Å²) in [5.41, 5.74) is 1.17. The maximum atomic E-state index is 13.1. The Balaban J connectivity index is 1.87. The molecule has 0 radical (unpaired) electrons. The van der Waals surface area contributed by atoms with Crippen molar-refractivity contribution in [2.75, 3.05) is 38.7 Å². The minimum absolute atomic E-state index is 0.0389. The Hall–Kier alpha value is -2.97. The van der Waals surface area contributed by atoms with Crippen molar-refractivity contribution in [3.05, 3.63) is 64.2 Å². The molecule has 1 heterocycles. The molecule has 0 saturated carbocycles. The summed E-state index contributed by atoms with van der Waals surface area (Å²) in [6.45, 7) is 2.18. The third kappa shape index (κ3) is 4.60. The molecule has 1 atom stereocenters. The molecule has 27 heavy (non-hydrogen) atoms. The molecule has 1 aliphatic heterocycles. The standard InChI is InChI=1S/C19H21N3O5/c1-26-17-7-5-15(6-8-17)20-19(23)18(21-9-11-27-12-10-21)14-3-2-4-16(13-14)22(24)25/h2-8,13,18H,9-12H2,1H3,(H,20,23). The van der Waals surface area contributed by atoms with Gasteiger partial charge in [0.25, 0.3) is 5.69 Å². The van der Waals surface area contributed by atoms with Gasteiger partial charge in [-0.15, -0.1) is 0 Å². The number of benzene rings is 2. The van der Waals surface area contributed by atoms with Crippen LogP contribution in [0.25, 0.3) is 0 Å². The monoisotopic (exact) mass is 371 g/mol. The number of nitrogens with zero attached hydrogens (tertiary/aromatic N) is 2.